The van der Waals surface area contributed by atoms with E-state index in [0.717, 1.165) is 15.5 Å². The maximum absolute atomic E-state index is 11.1. The van der Waals surface area contributed by atoms with Crippen molar-refractivity contribution >= 4 is 33.0 Å². The van der Waals surface area contributed by atoms with Gasteiger partial charge in [-0.15, -0.1) is 11.3 Å². The van der Waals surface area contributed by atoms with Gasteiger partial charge in [-0.1, -0.05) is 23.7 Å². The van der Waals surface area contributed by atoms with E-state index in [0.29, 0.717) is 6.54 Å². The number of primary sulfonamides is 1. The summed E-state index contributed by atoms with van der Waals surface area (Å²) in [5, 5.41) is 10.4. The van der Waals surface area contributed by atoms with Gasteiger partial charge in [-0.3, -0.25) is 0 Å². The zero-order valence-electron chi connectivity index (χ0n) is 10.8. The van der Waals surface area contributed by atoms with Crippen molar-refractivity contribution in [2.75, 3.05) is 0 Å². The maximum Gasteiger partial charge on any atom is 0.238 e. The average molecular weight is 331 g/mol. The Hall–Kier alpha value is -0.920. The highest BCUT2D eigenvalue weighted by Gasteiger charge is 2.09. The lowest BCUT2D eigenvalue weighted by molar-refractivity contribution is 0.575. The van der Waals surface area contributed by atoms with E-state index in [1.807, 2.05) is 11.4 Å². The fourth-order valence-electron chi connectivity index (χ4n) is 1.74. The lowest BCUT2D eigenvalue weighted by atomic mass is 10.1. The van der Waals surface area contributed by atoms with Crippen LogP contribution in [0.4, 0.5) is 0 Å². The fraction of sp³-hybridized carbons (Fsp3) is 0.231. The Labute approximate surface area is 127 Å². The molecule has 20 heavy (non-hydrogen) atoms. The van der Waals surface area contributed by atoms with E-state index < -0.39 is 10.0 Å². The number of halogens is 1. The molecule has 0 spiro atoms. The molecule has 0 saturated carbocycles. The number of hydrogen-bond acceptors (Lipinski definition) is 4. The molecule has 0 aliphatic heterocycles. The number of hydrogen-bond donors (Lipinski definition) is 2. The Balaban J connectivity index is 1.97. The van der Waals surface area contributed by atoms with Crippen molar-refractivity contribution in [2.45, 2.75) is 24.4 Å². The van der Waals surface area contributed by atoms with Gasteiger partial charge in [-0.2, -0.15) is 0 Å². The summed E-state index contributed by atoms with van der Waals surface area (Å²) in [4.78, 5) is 0.124. The lowest BCUT2D eigenvalue weighted by Gasteiger charge is -2.12. The molecule has 0 bridgehead atoms. The summed E-state index contributed by atoms with van der Waals surface area (Å²) in [6.45, 7) is 2.69. The fourth-order valence-corrected chi connectivity index (χ4v) is 3.24. The molecule has 1 aromatic heterocycles. The quantitative estimate of drug-likeness (QED) is 0.885. The summed E-state index contributed by atoms with van der Waals surface area (Å²) in [7, 11) is -3.62. The lowest BCUT2D eigenvalue weighted by Crippen LogP contribution is -2.17. The highest BCUT2D eigenvalue weighted by molar-refractivity contribution is 7.89. The molecule has 0 radical (unpaired) electrons. The first-order valence-electron chi connectivity index (χ1n) is 5.95. The second-order valence-electron chi connectivity index (χ2n) is 4.48. The van der Waals surface area contributed by atoms with Crippen molar-refractivity contribution < 1.29 is 8.42 Å². The van der Waals surface area contributed by atoms with Gasteiger partial charge in [0.15, 0.2) is 0 Å². The van der Waals surface area contributed by atoms with Gasteiger partial charge in [0.25, 0.3) is 0 Å². The van der Waals surface area contributed by atoms with Gasteiger partial charge in [0.2, 0.25) is 10.0 Å². The predicted octanol–water partition coefficient (Wildman–Crippen LogP) is 2.90. The van der Waals surface area contributed by atoms with E-state index in [-0.39, 0.29) is 10.9 Å². The smallest absolute Gasteiger partial charge is 0.238 e. The predicted molar refractivity (Wildman–Crippen MR) is 82.4 cm³/mol. The maximum atomic E-state index is 11.1. The molecule has 7 heteroatoms. The van der Waals surface area contributed by atoms with Crippen LogP contribution in [0.25, 0.3) is 0 Å². The second kappa shape index (κ2) is 6.24. The van der Waals surface area contributed by atoms with E-state index in [1.54, 1.807) is 12.1 Å². The molecule has 1 atom stereocenters. The third-order valence-electron chi connectivity index (χ3n) is 2.95. The number of benzene rings is 1. The minimum absolute atomic E-state index is 0.124. The molecular weight excluding hydrogens is 316 g/mol. The van der Waals surface area contributed by atoms with E-state index in [2.05, 4.69) is 12.2 Å². The molecule has 1 aromatic carbocycles. The van der Waals surface area contributed by atoms with Crippen LogP contribution in [0.1, 0.15) is 24.1 Å². The van der Waals surface area contributed by atoms with Crippen molar-refractivity contribution in [1.29, 1.82) is 0 Å². The van der Waals surface area contributed by atoms with Crippen molar-refractivity contribution in [3.8, 4) is 0 Å². The van der Waals surface area contributed by atoms with E-state index >= 15 is 0 Å². The number of thiophene rings is 1. The summed E-state index contributed by atoms with van der Waals surface area (Å²) in [5.74, 6) is 0. The van der Waals surface area contributed by atoms with Gasteiger partial charge in [-0.05, 0) is 41.6 Å². The highest BCUT2D eigenvalue weighted by Crippen LogP contribution is 2.24. The van der Waals surface area contributed by atoms with Gasteiger partial charge >= 0.3 is 0 Å². The Kier molecular flexibility index (Phi) is 4.82. The van der Waals surface area contributed by atoms with Gasteiger partial charge in [0, 0.05) is 12.6 Å². The van der Waals surface area contributed by atoms with Crippen molar-refractivity contribution in [3.63, 3.8) is 0 Å². The molecule has 3 N–H and O–H groups in total. The average Bonchev–Trinajstić information content (AvgIpc) is 2.82. The molecule has 0 saturated heterocycles. The molecule has 2 rings (SSSR count). The van der Waals surface area contributed by atoms with Gasteiger partial charge < -0.3 is 5.32 Å². The number of nitrogens with one attached hydrogen (secondary N) is 1. The van der Waals surface area contributed by atoms with Crippen molar-refractivity contribution in [3.05, 3.63) is 51.2 Å². The van der Waals surface area contributed by atoms with Crippen molar-refractivity contribution in [1.82, 2.24) is 5.32 Å². The first-order valence-corrected chi connectivity index (χ1v) is 8.76. The Morgan fingerprint density at radius 2 is 2.00 bits per heavy atom. The van der Waals surface area contributed by atoms with Crippen LogP contribution >= 0.6 is 22.9 Å². The van der Waals surface area contributed by atoms with Crippen LogP contribution in [0.3, 0.4) is 0 Å². The standard InChI is InChI=1S/C13H15ClN2O2S2/c1-9(11-6-13(14)19-8-11)16-7-10-2-4-12(5-3-10)20(15,17)18/h2-6,8-9,16H,7H2,1H3,(H2,15,17,18). The number of sulfonamides is 1. The Morgan fingerprint density at radius 3 is 2.50 bits per heavy atom. The van der Waals surface area contributed by atoms with Crippen LogP contribution in [0.5, 0.6) is 0 Å². The van der Waals surface area contributed by atoms with Gasteiger partial charge in [-0.25, -0.2) is 13.6 Å². The van der Waals surface area contributed by atoms with E-state index in [1.165, 1.54) is 23.5 Å². The largest absolute Gasteiger partial charge is 0.306 e. The van der Waals surface area contributed by atoms with Crippen molar-refractivity contribution in [2.24, 2.45) is 5.14 Å². The summed E-state index contributed by atoms with van der Waals surface area (Å²) in [6, 6.07) is 8.64. The van der Waals surface area contributed by atoms with Gasteiger partial charge in [0.05, 0.1) is 9.23 Å². The molecular formula is C13H15ClN2O2S2. The van der Waals surface area contributed by atoms with Crippen LogP contribution in [-0.4, -0.2) is 8.42 Å². The zero-order valence-corrected chi connectivity index (χ0v) is 13.2. The first kappa shape index (κ1) is 15.5. The van der Waals surface area contributed by atoms with E-state index in [9.17, 15) is 8.42 Å². The topological polar surface area (TPSA) is 72.2 Å². The highest BCUT2D eigenvalue weighted by atomic mass is 35.5. The van der Waals surface area contributed by atoms with Gasteiger partial charge in [0.1, 0.15) is 0 Å². The Bertz CT molecular complexity index is 681. The molecule has 0 fully saturated rings. The molecule has 1 unspecified atom stereocenters. The molecule has 0 aliphatic carbocycles. The number of nitrogens with two attached hydrogens (primary N) is 1. The molecule has 4 nitrogen and oxygen atoms in total. The summed E-state index contributed by atoms with van der Waals surface area (Å²) in [5.41, 5.74) is 2.13. The van der Waals surface area contributed by atoms with E-state index in [4.69, 9.17) is 16.7 Å². The monoisotopic (exact) mass is 330 g/mol. The minimum Gasteiger partial charge on any atom is -0.306 e. The molecule has 1 heterocycles. The summed E-state index contributed by atoms with van der Waals surface area (Å²) < 4.78 is 23.1. The summed E-state index contributed by atoms with van der Waals surface area (Å²) >= 11 is 7.41. The van der Waals surface area contributed by atoms with Crippen LogP contribution in [0, 0.1) is 0 Å². The Morgan fingerprint density at radius 1 is 1.35 bits per heavy atom. The second-order valence-corrected chi connectivity index (χ2v) is 7.58. The minimum atomic E-state index is -3.62. The van der Waals surface area contributed by atoms with Crippen LogP contribution in [-0.2, 0) is 16.6 Å². The molecule has 0 aliphatic rings. The molecule has 108 valence electrons. The van der Waals surface area contributed by atoms with Crippen LogP contribution in [0.2, 0.25) is 4.34 Å². The third kappa shape index (κ3) is 4.04. The first-order chi connectivity index (χ1) is 9.36. The summed E-state index contributed by atoms with van der Waals surface area (Å²) in [6.07, 6.45) is 0. The molecule has 0 amide bonds. The SMILES string of the molecule is CC(NCc1ccc(S(N)(=O)=O)cc1)c1csc(Cl)c1. The van der Waals surface area contributed by atoms with Crippen LogP contribution in [0.15, 0.2) is 40.6 Å². The number of rotatable bonds is 5. The molecule has 2 aromatic rings. The third-order valence-corrected chi connectivity index (χ3v) is 4.99. The normalized spacial score (nSPS) is 13.3. The zero-order chi connectivity index (χ0) is 14.8. The van der Waals surface area contributed by atoms with Crippen LogP contribution < -0.4 is 10.5 Å².